The molecule has 0 unspecified atom stereocenters. The molecule has 0 radical (unpaired) electrons. The van der Waals surface area contributed by atoms with Gasteiger partial charge in [-0.2, -0.15) is 0 Å². The van der Waals surface area contributed by atoms with Crippen LogP contribution in [0.5, 0.6) is 0 Å². The second-order valence-corrected chi connectivity index (χ2v) is 5.32. The maximum atomic E-state index is 12.3. The van der Waals surface area contributed by atoms with E-state index in [-0.39, 0.29) is 17.7 Å². The van der Waals surface area contributed by atoms with Gasteiger partial charge in [-0.15, -0.1) is 0 Å². The molecule has 116 valence electrons. The first-order valence-electron chi connectivity index (χ1n) is 7.36. The van der Waals surface area contributed by atoms with Crippen LogP contribution >= 0.6 is 0 Å². The summed E-state index contributed by atoms with van der Waals surface area (Å²) in [4.78, 5) is 26.0. The van der Waals surface area contributed by atoms with Gasteiger partial charge in [-0.05, 0) is 38.0 Å². The molecule has 0 saturated heterocycles. The fourth-order valence-electron chi connectivity index (χ4n) is 1.95. The van der Waals surface area contributed by atoms with Gasteiger partial charge in [-0.3, -0.25) is 9.59 Å². The quantitative estimate of drug-likeness (QED) is 0.842. The number of benzene rings is 1. The Morgan fingerprint density at radius 3 is 2.38 bits per heavy atom. The summed E-state index contributed by atoms with van der Waals surface area (Å²) in [6, 6.07) is 6.38. The zero-order chi connectivity index (χ0) is 16.0. The molecule has 0 aliphatic rings. The summed E-state index contributed by atoms with van der Waals surface area (Å²) in [5.74, 6) is -0.216. The van der Waals surface area contributed by atoms with Crippen molar-refractivity contribution in [2.24, 2.45) is 11.7 Å². The SMILES string of the molecule is CCN(CC)C(=O)c1cccc(NC(=O)[C@@H](N)C(C)C)c1. The number of carbonyl (C=O) groups excluding carboxylic acids is 2. The molecule has 0 saturated carbocycles. The summed E-state index contributed by atoms with van der Waals surface area (Å²) in [5.41, 5.74) is 6.97. The monoisotopic (exact) mass is 291 g/mol. The number of anilines is 1. The summed E-state index contributed by atoms with van der Waals surface area (Å²) < 4.78 is 0. The van der Waals surface area contributed by atoms with Gasteiger partial charge in [-0.1, -0.05) is 19.9 Å². The summed E-state index contributed by atoms with van der Waals surface area (Å²) in [5, 5.41) is 2.76. The van der Waals surface area contributed by atoms with Gasteiger partial charge in [0.05, 0.1) is 6.04 Å². The second-order valence-electron chi connectivity index (χ2n) is 5.32. The Balaban J connectivity index is 2.86. The van der Waals surface area contributed by atoms with Gasteiger partial charge in [0.2, 0.25) is 5.91 Å². The van der Waals surface area contributed by atoms with Gasteiger partial charge in [0.25, 0.3) is 5.91 Å². The van der Waals surface area contributed by atoms with E-state index in [0.29, 0.717) is 24.3 Å². The molecule has 0 aromatic heterocycles. The van der Waals surface area contributed by atoms with Crippen molar-refractivity contribution in [3.8, 4) is 0 Å². The summed E-state index contributed by atoms with van der Waals surface area (Å²) in [6.45, 7) is 8.98. The Morgan fingerprint density at radius 2 is 1.86 bits per heavy atom. The van der Waals surface area contributed by atoms with E-state index in [1.807, 2.05) is 27.7 Å². The molecule has 0 aliphatic heterocycles. The van der Waals surface area contributed by atoms with Crippen molar-refractivity contribution in [3.05, 3.63) is 29.8 Å². The van der Waals surface area contributed by atoms with Crippen LogP contribution < -0.4 is 11.1 Å². The maximum absolute atomic E-state index is 12.3. The molecule has 21 heavy (non-hydrogen) atoms. The molecular formula is C16H25N3O2. The van der Waals surface area contributed by atoms with Crippen molar-refractivity contribution in [2.45, 2.75) is 33.7 Å². The van der Waals surface area contributed by atoms with Crippen LogP contribution in [0.1, 0.15) is 38.1 Å². The van der Waals surface area contributed by atoms with Crippen LogP contribution in [0.3, 0.4) is 0 Å². The molecule has 1 aromatic rings. The molecule has 5 nitrogen and oxygen atoms in total. The first-order valence-corrected chi connectivity index (χ1v) is 7.36. The third-order valence-corrected chi connectivity index (χ3v) is 3.45. The minimum atomic E-state index is -0.563. The Bertz CT molecular complexity index is 496. The normalized spacial score (nSPS) is 12.1. The van der Waals surface area contributed by atoms with E-state index in [2.05, 4.69) is 5.32 Å². The maximum Gasteiger partial charge on any atom is 0.253 e. The molecular weight excluding hydrogens is 266 g/mol. The summed E-state index contributed by atoms with van der Waals surface area (Å²) >= 11 is 0. The molecule has 1 rings (SSSR count). The molecule has 0 spiro atoms. The minimum absolute atomic E-state index is 0.0377. The van der Waals surface area contributed by atoms with Gasteiger partial charge < -0.3 is 16.0 Å². The highest BCUT2D eigenvalue weighted by atomic mass is 16.2. The Kier molecular flexibility index (Phi) is 6.37. The lowest BCUT2D eigenvalue weighted by Gasteiger charge is -2.19. The van der Waals surface area contributed by atoms with E-state index in [1.165, 1.54) is 0 Å². The van der Waals surface area contributed by atoms with Crippen molar-refractivity contribution >= 4 is 17.5 Å². The standard InChI is InChI=1S/C16H25N3O2/c1-5-19(6-2)16(21)12-8-7-9-13(10-12)18-15(20)14(17)11(3)4/h7-11,14H,5-6,17H2,1-4H3,(H,18,20)/t14-/m0/s1. The smallest absolute Gasteiger partial charge is 0.253 e. The zero-order valence-electron chi connectivity index (χ0n) is 13.2. The van der Waals surface area contributed by atoms with Crippen molar-refractivity contribution in [1.29, 1.82) is 0 Å². The van der Waals surface area contributed by atoms with Crippen LogP contribution in [0.2, 0.25) is 0 Å². The fourth-order valence-corrected chi connectivity index (χ4v) is 1.95. The highest BCUT2D eigenvalue weighted by Gasteiger charge is 2.18. The highest BCUT2D eigenvalue weighted by Crippen LogP contribution is 2.14. The zero-order valence-corrected chi connectivity index (χ0v) is 13.2. The fraction of sp³-hybridized carbons (Fsp3) is 0.500. The van der Waals surface area contributed by atoms with Crippen molar-refractivity contribution in [2.75, 3.05) is 18.4 Å². The minimum Gasteiger partial charge on any atom is -0.339 e. The Labute approximate surface area is 126 Å². The lowest BCUT2D eigenvalue weighted by molar-refractivity contribution is -0.118. The molecule has 0 bridgehead atoms. The molecule has 1 aromatic carbocycles. The van der Waals surface area contributed by atoms with E-state index in [1.54, 1.807) is 29.2 Å². The van der Waals surface area contributed by atoms with Crippen LogP contribution in [-0.4, -0.2) is 35.8 Å². The number of hydrogen-bond donors (Lipinski definition) is 2. The van der Waals surface area contributed by atoms with E-state index in [4.69, 9.17) is 5.73 Å². The highest BCUT2D eigenvalue weighted by molar-refractivity contribution is 5.98. The Hall–Kier alpha value is -1.88. The summed E-state index contributed by atoms with van der Waals surface area (Å²) in [6.07, 6.45) is 0. The number of nitrogens with one attached hydrogen (secondary N) is 1. The lowest BCUT2D eigenvalue weighted by Crippen LogP contribution is -2.39. The van der Waals surface area contributed by atoms with E-state index in [0.717, 1.165) is 0 Å². The van der Waals surface area contributed by atoms with Crippen molar-refractivity contribution in [1.82, 2.24) is 4.90 Å². The number of rotatable bonds is 6. The first-order chi connectivity index (χ1) is 9.90. The molecule has 1 atom stereocenters. The molecule has 3 N–H and O–H groups in total. The third-order valence-electron chi connectivity index (χ3n) is 3.45. The number of nitrogens with zero attached hydrogens (tertiary/aromatic N) is 1. The predicted octanol–water partition coefficient (Wildman–Crippen LogP) is 2.09. The van der Waals surface area contributed by atoms with E-state index in [9.17, 15) is 9.59 Å². The van der Waals surface area contributed by atoms with Crippen LogP contribution in [0.25, 0.3) is 0 Å². The third kappa shape index (κ3) is 4.56. The van der Waals surface area contributed by atoms with Crippen molar-refractivity contribution < 1.29 is 9.59 Å². The van der Waals surface area contributed by atoms with E-state index < -0.39 is 6.04 Å². The number of amides is 2. The van der Waals surface area contributed by atoms with Crippen LogP contribution in [0, 0.1) is 5.92 Å². The van der Waals surface area contributed by atoms with Crippen LogP contribution in [0.15, 0.2) is 24.3 Å². The molecule has 5 heteroatoms. The summed E-state index contributed by atoms with van der Waals surface area (Å²) in [7, 11) is 0. The molecule has 0 aliphatic carbocycles. The van der Waals surface area contributed by atoms with Crippen LogP contribution in [0.4, 0.5) is 5.69 Å². The largest absolute Gasteiger partial charge is 0.339 e. The average molecular weight is 291 g/mol. The molecule has 0 heterocycles. The number of hydrogen-bond acceptors (Lipinski definition) is 3. The van der Waals surface area contributed by atoms with Crippen LogP contribution in [-0.2, 0) is 4.79 Å². The van der Waals surface area contributed by atoms with Gasteiger partial charge >= 0.3 is 0 Å². The second kappa shape index (κ2) is 7.78. The number of carbonyl (C=O) groups is 2. The molecule has 2 amide bonds. The number of nitrogens with two attached hydrogens (primary N) is 1. The van der Waals surface area contributed by atoms with Crippen molar-refractivity contribution in [3.63, 3.8) is 0 Å². The lowest BCUT2D eigenvalue weighted by atomic mass is 10.0. The topological polar surface area (TPSA) is 75.4 Å². The van der Waals surface area contributed by atoms with E-state index >= 15 is 0 Å². The van der Waals surface area contributed by atoms with Gasteiger partial charge in [0.15, 0.2) is 0 Å². The van der Waals surface area contributed by atoms with Gasteiger partial charge in [-0.25, -0.2) is 0 Å². The molecule has 0 fully saturated rings. The first kappa shape index (κ1) is 17.2. The Morgan fingerprint density at radius 1 is 1.24 bits per heavy atom. The predicted molar refractivity (Wildman–Crippen MR) is 85.1 cm³/mol. The van der Waals surface area contributed by atoms with Gasteiger partial charge in [0.1, 0.15) is 0 Å². The van der Waals surface area contributed by atoms with Gasteiger partial charge in [0, 0.05) is 24.3 Å². The average Bonchev–Trinajstić information content (AvgIpc) is 2.47.